The second kappa shape index (κ2) is 2.60. The highest BCUT2D eigenvalue weighted by molar-refractivity contribution is 5.63. The van der Waals surface area contributed by atoms with E-state index in [0.29, 0.717) is 23.8 Å². The van der Waals surface area contributed by atoms with Crippen molar-refractivity contribution in [3.63, 3.8) is 0 Å². The highest BCUT2D eigenvalue weighted by Gasteiger charge is 2.06. The molecule has 0 spiro atoms. The zero-order chi connectivity index (χ0) is 9.42. The van der Waals surface area contributed by atoms with Gasteiger partial charge in [0.1, 0.15) is 12.1 Å². The van der Waals surface area contributed by atoms with Crippen molar-refractivity contribution < 1.29 is 0 Å². The largest absolute Gasteiger partial charge is 0.384 e. The van der Waals surface area contributed by atoms with Crippen LogP contribution in [-0.2, 0) is 6.54 Å². The summed E-state index contributed by atoms with van der Waals surface area (Å²) in [6.45, 7) is 0.354. The smallest absolute Gasteiger partial charge is 0.182 e. The Hall–Kier alpha value is -1.82. The molecule has 2 rings (SSSR count). The zero-order valence-electron chi connectivity index (χ0n) is 6.94. The Labute approximate surface area is 74.4 Å². The molecule has 2 aromatic heterocycles. The van der Waals surface area contributed by atoms with E-state index in [1.165, 1.54) is 6.33 Å². The summed E-state index contributed by atoms with van der Waals surface area (Å²) in [7, 11) is 0. The van der Waals surface area contributed by atoms with Crippen LogP contribution in [0, 0.1) is 0 Å². The molecule has 6 heteroatoms. The Kier molecular flexibility index (Phi) is 1.56. The molecule has 0 aromatic carbocycles. The van der Waals surface area contributed by atoms with Crippen LogP contribution < -0.4 is 17.2 Å². The van der Waals surface area contributed by atoms with Gasteiger partial charge in [-0.1, -0.05) is 0 Å². The molecule has 6 nitrogen and oxygen atoms in total. The first-order chi connectivity index (χ1) is 6.24. The summed E-state index contributed by atoms with van der Waals surface area (Å²) in [5, 5.41) is 0. The van der Waals surface area contributed by atoms with Crippen molar-refractivity contribution in [2.24, 2.45) is 5.73 Å². The van der Waals surface area contributed by atoms with Gasteiger partial charge in [-0.3, -0.25) is 4.40 Å². The van der Waals surface area contributed by atoms with Crippen molar-refractivity contribution in [2.75, 3.05) is 11.5 Å². The summed E-state index contributed by atoms with van der Waals surface area (Å²) in [6, 6.07) is 0. The van der Waals surface area contributed by atoms with E-state index < -0.39 is 0 Å². The third-order valence-corrected chi connectivity index (χ3v) is 1.92. The van der Waals surface area contributed by atoms with Crippen molar-refractivity contribution in [3.8, 4) is 0 Å². The lowest BCUT2D eigenvalue weighted by molar-refractivity contribution is 1.00. The molecule has 0 aliphatic rings. The van der Waals surface area contributed by atoms with Crippen LogP contribution in [0.1, 0.15) is 5.56 Å². The lowest BCUT2D eigenvalue weighted by Crippen LogP contribution is -2.07. The molecule has 0 fully saturated rings. The quantitative estimate of drug-likeness (QED) is 0.537. The molecule has 0 unspecified atom stereocenters. The van der Waals surface area contributed by atoms with E-state index in [1.54, 1.807) is 10.6 Å². The van der Waals surface area contributed by atoms with E-state index in [-0.39, 0.29) is 0 Å². The van der Waals surface area contributed by atoms with Crippen LogP contribution in [0.5, 0.6) is 0 Å². The lowest BCUT2D eigenvalue weighted by Gasteiger charge is -2.04. The Balaban J connectivity index is 2.80. The van der Waals surface area contributed by atoms with Gasteiger partial charge in [0.2, 0.25) is 0 Å². The van der Waals surface area contributed by atoms with Crippen LogP contribution >= 0.6 is 0 Å². The molecule has 0 radical (unpaired) electrons. The van der Waals surface area contributed by atoms with Crippen molar-refractivity contribution in [2.45, 2.75) is 6.54 Å². The van der Waals surface area contributed by atoms with Gasteiger partial charge < -0.3 is 17.2 Å². The monoisotopic (exact) mass is 178 g/mol. The zero-order valence-corrected chi connectivity index (χ0v) is 6.94. The molecule has 0 amide bonds. The highest BCUT2D eigenvalue weighted by Crippen LogP contribution is 2.15. The van der Waals surface area contributed by atoms with E-state index in [2.05, 4.69) is 9.97 Å². The van der Waals surface area contributed by atoms with Crippen LogP contribution in [0.4, 0.5) is 11.6 Å². The predicted octanol–water partition coefficient (Wildman–Crippen LogP) is -0.648. The van der Waals surface area contributed by atoms with Gasteiger partial charge in [-0.25, -0.2) is 9.97 Å². The fraction of sp³-hybridized carbons (Fsp3) is 0.143. The number of nitrogens with zero attached hydrogens (tertiary/aromatic N) is 3. The van der Waals surface area contributed by atoms with Gasteiger partial charge >= 0.3 is 0 Å². The summed E-state index contributed by atoms with van der Waals surface area (Å²) in [5.74, 6) is 0.909. The van der Waals surface area contributed by atoms with Crippen LogP contribution in [0.3, 0.4) is 0 Å². The molecule has 0 bridgehead atoms. The summed E-state index contributed by atoms with van der Waals surface area (Å²) < 4.78 is 1.62. The minimum Gasteiger partial charge on any atom is -0.384 e. The molecule has 0 aliphatic heterocycles. The van der Waals surface area contributed by atoms with E-state index >= 15 is 0 Å². The van der Waals surface area contributed by atoms with Crippen LogP contribution in [0.15, 0.2) is 12.5 Å². The number of hydrogen-bond donors (Lipinski definition) is 3. The lowest BCUT2D eigenvalue weighted by atomic mass is 10.3. The predicted molar refractivity (Wildman–Crippen MR) is 49.7 cm³/mol. The normalized spacial score (nSPS) is 10.8. The molecule has 2 heterocycles. The molecule has 0 saturated carbocycles. The summed E-state index contributed by atoms with van der Waals surface area (Å²) in [6.07, 6.45) is 3.15. The maximum atomic E-state index is 5.79. The number of imidazole rings is 1. The number of hydrogen-bond acceptors (Lipinski definition) is 5. The van der Waals surface area contributed by atoms with Crippen LogP contribution in [0.2, 0.25) is 0 Å². The Morgan fingerprint density at radius 1 is 1.31 bits per heavy atom. The molecular weight excluding hydrogens is 168 g/mol. The van der Waals surface area contributed by atoms with E-state index in [4.69, 9.17) is 17.2 Å². The van der Waals surface area contributed by atoms with Crippen molar-refractivity contribution in [1.82, 2.24) is 14.4 Å². The maximum Gasteiger partial charge on any atom is 0.182 e. The maximum absolute atomic E-state index is 5.79. The van der Waals surface area contributed by atoms with Gasteiger partial charge in [0.05, 0.1) is 0 Å². The fourth-order valence-corrected chi connectivity index (χ4v) is 1.18. The Morgan fingerprint density at radius 2 is 2.08 bits per heavy atom. The number of fused-ring (bicyclic) bond motifs is 1. The first-order valence-electron chi connectivity index (χ1n) is 3.80. The van der Waals surface area contributed by atoms with Crippen molar-refractivity contribution in [1.29, 1.82) is 0 Å². The number of nitrogen functional groups attached to an aromatic ring is 2. The minimum absolute atomic E-state index is 0.354. The van der Waals surface area contributed by atoms with Crippen molar-refractivity contribution in [3.05, 3.63) is 18.1 Å². The molecular formula is C7H10N6. The molecule has 2 aromatic rings. The first kappa shape index (κ1) is 7.81. The number of aromatic nitrogens is 3. The standard InChI is InChI=1S/C7H10N6/c8-1-4-2-11-7-5(9)12-3-13(7)6(4)10/h2-3H,1,8-10H2. The molecule has 0 aliphatic carbocycles. The molecule has 0 atom stereocenters. The number of nitrogens with two attached hydrogens (primary N) is 3. The second-order valence-corrected chi connectivity index (χ2v) is 2.70. The first-order valence-corrected chi connectivity index (χ1v) is 3.80. The number of rotatable bonds is 1. The number of anilines is 2. The van der Waals surface area contributed by atoms with Crippen LogP contribution in [-0.4, -0.2) is 14.4 Å². The fourth-order valence-electron chi connectivity index (χ4n) is 1.18. The van der Waals surface area contributed by atoms with Crippen LogP contribution in [0.25, 0.3) is 5.65 Å². The van der Waals surface area contributed by atoms with E-state index in [9.17, 15) is 0 Å². The van der Waals surface area contributed by atoms with Gasteiger partial charge in [0.25, 0.3) is 0 Å². The molecule has 0 saturated heterocycles. The average molecular weight is 178 g/mol. The van der Waals surface area contributed by atoms with Gasteiger partial charge in [-0.05, 0) is 0 Å². The summed E-state index contributed by atoms with van der Waals surface area (Å²) in [5.41, 5.74) is 18.2. The van der Waals surface area contributed by atoms with E-state index in [1.807, 2.05) is 0 Å². The highest BCUT2D eigenvalue weighted by atomic mass is 15.1. The Morgan fingerprint density at radius 3 is 2.77 bits per heavy atom. The third-order valence-electron chi connectivity index (χ3n) is 1.92. The average Bonchev–Trinajstić information content (AvgIpc) is 2.50. The minimum atomic E-state index is 0.354. The van der Waals surface area contributed by atoms with Gasteiger partial charge in [-0.15, -0.1) is 0 Å². The molecule has 6 N–H and O–H groups in total. The topological polar surface area (TPSA) is 108 Å². The summed E-state index contributed by atoms with van der Waals surface area (Å²) in [4.78, 5) is 7.98. The van der Waals surface area contributed by atoms with Gasteiger partial charge in [0.15, 0.2) is 11.5 Å². The van der Waals surface area contributed by atoms with E-state index in [0.717, 1.165) is 5.56 Å². The summed E-state index contributed by atoms with van der Waals surface area (Å²) >= 11 is 0. The van der Waals surface area contributed by atoms with Gasteiger partial charge in [0, 0.05) is 18.3 Å². The molecule has 68 valence electrons. The van der Waals surface area contributed by atoms with Crippen molar-refractivity contribution >= 4 is 17.3 Å². The second-order valence-electron chi connectivity index (χ2n) is 2.70. The Bertz CT molecular complexity index is 445. The molecule has 13 heavy (non-hydrogen) atoms. The van der Waals surface area contributed by atoms with Gasteiger partial charge in [-0.2, -0.15) is 0 Å². The SMILES string of the molecule is NCc1cnc2c(N)ncn2c1N. The third kappa shape index (κ3) is 0.994.